The number of hydrogen-bond acceptors (Lipinski definition) is 5. The zero-order valence-electron chi connectivity index (χ0n) is 12.5. The van der Waals surface area contributed by atoms with E-state index in [1.54, 1.807) is 24.0 Å². The second-order valence-electron chi connectivity index (χ2n) is 4.94. The van der Waals surface area contributed by atoms with Crippen LogP contribution in [0.25, 0.3) is 0 Å². The monoisotopic (exact) mass is 294 g/mol. The van der Waals surface area contributed by atoms with E-state index in [0.29, 0.717) is 18.1 Å². The molecule has 21 heavy (non-hydrogen) atoms. The van der Waals surface area contributed by atoms with Crippen LogP contribution < -0.4 is 5.32 Å². The molecule has 2 heterocycles. The lowest BCUT2D eigenvalue weighted by Gasteiger charge is -2.15. The van der Waals surface area contributed by atoms with Gasteiger partial charge in [0.25, 0.3) is 5.91 Å². The highest BCUT2D eigenvalue weighted by molar-refractivity contribution is 5.96. The van der Waals surface area contributed by atoms with Crippen LogP contribution in [0.3, 0.4) is 0 Å². The molecule has 2 rings (SSSR count). The van der Waals surface area contributed by atoms with Crippen LogP contribution in [0.15, 0.2) is 11.3 Å². The highest BCUT2D eigenvalue weighted by Gasteiger charge is 2.29. The Morgan fingerprint density at radius 2 is 2.48 bits per heavy atom. The Labute approximate surface area is 124 Å². The zero-order valence-corrected chi connectivity index (χ0v) is 12.5. The molecule has 0 bridgehead atoms. The van der Waals surface area contributed by atoms with Crippen LogP contribution >= 0.6 is 0 Å². The van der Waals surface area contributed by atoms with Crippen molar-refractivity contribution in [1.29, 1.82) is 0 Å². The van der Waals surface area contributed by atoms with Gasteiger partial charge in [0.05, 0.1) is 19.0 Å². The number of ether oxygens (including phenoxy) is 1. The summed E-state index contributed by atoms with van der Waals surface area (Å²) in [6, 6.07) is 0. The van der Waals surface area contributed by atoms with Crippen molar-refractivity contribution in [2.75, 3.05) is 13.2 Å². The second-order valence-corrected chi connectivity index (χ2v) is 4.94. The molecule has 1 fully saturated rings. The maximum atomic E-state index is 12.1. The standard InChI is InChI=1S/C14H22N4O3/c1-3-7-16-14(20)12-13(15-4-2)18(9-17-12)11-6-5-10(8-19)21-11/h4,9-11,19H,3,5-8H2,1-2H3,(H,16,20)/t10?,11-/m1/s1. The molecule has 1 aliphatic heterocycles. The fourth-order valence-corrected chi connectivity index (χ4v) is 2.32. The molecule has 7 nitrogen and oxygen atoms in total. The number of aromatic nitrogens is 2. The number of nitrogens with one attached hydrogen (secondary N) is 1. The minimum atomic E-state index is -0.235. The first-order valence-corrected chi connectivity index (χ1v) is 7.31. The summed E-state index contributed by atoms with van der Waals surface area (Å²) in [4.78, 5) is 20.5. The number of aliphatic hydroxyl groups excluding tert-OH is 1. The molecule has 0 aromatic carbocycles. The van der Waals surface area contributed by atoms with E-state index in [0.717, 1.165) is 19.3 Å². The molecule has 1 amide bonds. The number of aliphatic imine (C=N–C) groups is 1. The molecule has 1 unspecified atom stereocenters. The van der Waals surface area contributed by atoms with Crippen molar-refractivity contribution in [3.8, 4) is 0 Å². The van der Waals surface area contributed by atoms with Gasteiger partial charge in [-0.2, -0.15) is 0 Å². The number of hydrogen-bond donors (Lipinski definition) is 2. The van der Waals surface area contributed by atoms with Crippen LogP contribution in [0.5, 0.6) is 0 Å². The Bertz CT molecular complexity index is 512. The number of nitrogens with zero attached hydrogens (tertiary/aromatic N) is 3. The first-order valence-electron chi connectivity index (χ1n) is 7.31. The predicted molar refractivity (Wildman–Crippen MR) is 78.9 cm³/mol. The first-order chi connectivity index (χ1) is 10.2. The van der Waals surface area contributed by atoms with E-state index in [-0.39, 0.29) is 24.8 Å². The molecule has 1 aliphatic rings. The SMILES string of the molecule is CC=Nc1c(C(=O)NCCC)ncn1[C@H]1CCC(CO)O1. The Kier molecular flexibility index (Phi) is 5.46. The topological polar surface area (TPSA) is 88.7 Å². The molecule has 1 aromatic heterocycles. The fraction of sp³-hybridized carbons (Fsp3) is 0.643. The van der Waals surface area contributed by atoms with E-state index in [1.165, 1.54) is 0 Å². The average Bonchev–Trinajstić information content (AvgIpc) is 3.11. The van der Waals surface area contributed by atoms with Crippen molar-refractivity contribution in [2.24, 2.45) is 4.99 Å². The summed E-state index contributed by atoms with van der Waals surface area (Å²) in [6.45, 7) is 4.39. The van der Waals surface area contributed by atoms with Crippen LogP contribution in [0.2, 0.25) is 0 Å². The third kappa shape index (κ3) is 3.48. The van der Waals surface area contributed by atoms with Crippen molar-refractivity contribution in [3.63, 3.8) is 0 Å². The van der Waals surface area contributed by atoms with Gasteiger partial charge in [0, 0.05) is 12.8 Å². The van der Waals surface area contributed by atoms with Crippen LogP contribution in [0, 0.1) is 0 Å². The molecule has 1 saturated heterocycles. The number of rotatable bonds is 6. The molecule has 2 N–H and O–H groups in total. The predicted octanol–water partition coefficient (Wildman–Crippen LogP) is 1.41. The summed E-state index contributed by atoms with van der Waals surface area (Å²) in [5, 5.41) is 12.0. The maximum Gasteiger partial charge on any atom is 0.273 e. The van der Waals surface area contributed by atoms with Crippen molar-refractivity contribution in [1.82, 2.24) is 14.9 Å². The molecule has 116 valence electrons. The quantitative estimate of drug-likeness (QED) is 0.776. The normalized spacial score (nSPS) is 22.0. The molecular weight excluding hydrogens is 272 g/mol. The summed E-state index contributed by atoms with van der Waals surface area (Å²) in [5.41, 5.74) is 0.303. The Morgan fingerprint density at radius 3 is 3.10 bits per heavy atom. The van der Waals surface area contributed by atoms with Gasteiger partial charge in [-0.15, -0.1) is 0 Å². The van der Waals surface area contributed by atoms with Gasteiger partial charge in [-0.1, -0.05) is 6.92 Å². The Balaban J connectivity index is 2.22. The minimum Gasteiger partial charge on any atom is -0.394 e. The lowest BCUT2D eigenvalue weighted by atomic mass is 10.2. The van der Waals surface area contributed by atoms with Gasteiger partial charge in [-0.3, -0.25) is 9.36 Å². The average molecular weight is 294 g/mol. The zero-order chi connectivity index (χ0) is 15.2. The first kappa shape index (κ1) is 15.7. The molecule has 7 heteroatoms. The van der Waals surface area contributed by atoms with E-state index >= 15 is 0 Å². The van der Waals surface area contributed by atoms with E-state index in [1.807, 2.05) is 6.92 Å². The number of carbonyl (C=O) groups excluding carboxylic acids is 1. The summed E-state index contributed by atoms with van der Waals surface area (Å²) in [7, 11) is 0. The van der Waals surface area contributed by atoms with Crippen molar-refractivity contribution >= 4 is 17.9 Å². The molecule has 2 atom stereocenters. The molecule has 0 radical (unpaired) electrons. The Hall–Kier alpha value is -1.73. The summed E-state index contributed by atoms with van der Waals surface area (Å²) >= 11 is 0. The number of imidazole rings is 1. The number of carbonyl (C=O) groups is 1. The highest BCUT2D eigenvalue weighted by Crippen LogP contribution is 2.32. The van der Waals surface area contributed by atoms with E-state index in [4.69, 9.17) is 9.84 Å². The fourth-order valence-electron chi connectivity index (χ4n) is 2.32. The molecule has 0 saturated carbocycles. The van der Waals surface area contributed by atoms with Gasteiger partial charge in [0.1, 0.15) is 6.23 Å². The van der Waals surface area contributed by atoms with Crippen LogP contribution in [-0.2, 0) is 4.74 Å². The maximum absolute atomic E-state index is 12.1. The van der Waals surface area contributed by atoms with Gasteiger partial charge in [-0.05, 0) is 26.2 Å². The molecular formula is C14H22N4O3. The largest absolute Gasteiger partial charge is 0.394 e. The van der Waals surface area contributed by atoms with Crippen molar-refractivity contribution < 1.29 is 14.6 Å². The smallest absolute Gasteiger partial charge is 0.273 e. The summed E-state index contributed by atoms with van der Waals surface area (Å²) < 4.78 is 7.49. The highest BCUT2D eigenvalue weighted by atomic mass is 16.5. The van der Waals surface area contributed by atoms with E-state index in [2.05, 4.69) is 15.3 Å². The van der Waals surface area contributed by atoms with Gasteiger partial charge in [0.15, 0.2) is 11.5 Å². The lowest BCUT2D eigenvalue weighted by molar-refractivity contribution is -0.0215. The summed E-state index contributed by atoms with van der Waals surface area (Å²) in [6.07, 6.45) is 5.23. The van der Waals surface area contributed by atoms with Crippen molar-refractivity contribution in [3.05, 3.63) is 12.0 Å². The third-order valence-corrected chi connectivity index (χ3v) is 3.37. The lowest BCUT2D eigenvalue weighted by Crippen LogP contribution is -2.24. The minimum absolute atomic E-state index is 0.00141. The Morgan fingerprint density at radius 1 is 1.67 bits per heavy atom. The van der Waals surface area contributed by atoms with Gasteiger partial charge in [-0.25, -0.2) is 9.98 Å². The molecule has 0 aliphatic carbocycles. The van der Waals surface area contributed by atoms with Crippen LogP contribution in [0.1, 0.15) is 49.8 Å². The van der Waals surface area contributed by atoms with Gasteiger partial charge >= 0.3 is 0 Å². The third-order valence-electron chi connectivity index (χ3n) is 3.37. The van der Waals surface area contributed by atoms with Crippen LogP contribution in [-0.4, -0.2) is 46.0 Å². The summed E-state index contributed by atoms with van der Waals surface area (Å²) in [5.74, 6) is 0.266. The van der Waals surface area contributed by atoms with E-state index < -0.39 is 0 Å². The molecule has 0 spiro atoms. The number of aliphatic hydroxyl groups is 1. The van der Waals surface area contributed by atoms with E-state index in [9.17, 15) is 4.79 Å². The number of amides is 1. The van der Waals surface area contributed by atoms with Crippen molar-refractivity contribution in [2.45, 2.75) is 45.4 Å². The second kappa shape index (κ2) is 7.33. The van der Waals surface area contributed by atoms with Gasteiger partial charge in [0.2, 0.25) is 0 Å². The van der Waals surface area contributed by atoms with Crippen LogP contribution in [0.4, 0.5) is 5.82 Å². The van der Waals surface area contributed by atoms with Gasteiger partial charge < -0.3 is 15.2 Å². The molecule has 1 aromatic rings.